The van der Waals surface area contributed by atoms with E-state index in [1.165, 1.54) is 23.2 Å². The lowest BCUT2D eigenvalue weighted by molar-refractivity contribution is 0.0598. The number of hydrogen-bond acceptors (Lipinski definition) is 4. The first kappa shape index (κ1) is 17.9. The fourth-order valence-electron chi connectivity index (χ4n) is 2.35. The Morgan fingerprint density at radius 1 is 1.44 bits per heavy atom. The normalized spacial score (nSPS) is 13.4. The van der Waals surface area contributed by atoms with E-state index in [0.29, 0.717) is 22.1 Å². The van der Waals surface area contributed by atoms with Crippen molar-refractivity contribution in [3.63, 3.8) is 0 Å². The Bertz CT molecular complexity index is 855. The molecular weight excluding hydrogens is 415 g/mol. The number of carbonyl (C=O) groups is 1. The molecule has 0 saturated heterocycles. The smallest absolute Gasteiger partial charge is 0.420 e. The molecule has 1 aliphatic rings. The summed E-state index contributed by atoms with van der Waals surface area (Å²) in [5.74, 6) is -0.0208. The predicted molar refractivity (Wildman–Crippen MR) is 96.1 cm³/mol. The van der Waals surface area contributed by atoms with Gasteiger partial charge in [-0.1, -0.05) is 11.6 Å². The molecule has 0 atom stereocenters. The molecule has 2 heterocycles. The third kappa shape index (κ3) is 3.57. The van der Waals surface area contributed by atoms with E-state index in [4.69, 9.17) is 21.1 Å². The molecule has 0 N–H and O–H groups in total. The Hall–Kier alpha value is -1.86. The van der Waals surface area contributed by atoms with Crippen LogP contribution in [0.4, 0.5) is 20.7 Å². The molecule has 132 valence electrons. The number of ether oxygens (including phenoxy) is 2. The molecule has 1 aromatic heterocycles. The van der Waals surface area contributed by atoms with Gasteiger partial charge in [-0.3, -0.25) is 0 Å². The molecule has 1 aromatic carbocycles. The quantitative estimate of drug-likeness (QED) is 0.547. The van der Waals surface area contributed by atoms with E-state index in [2.05, 4.69) is 20.9 Å². The first-order chi connectivity index (χ1) is 11.7. The standard InChI is InChI=1S/C17H15BrClFN2O3/c1-17(2,3)25-16(23)22-13-6-10(18)12(20)7-14(13)24-8-9-11(19)4-5-21-15(9)22/h4-7H,8H2,1-3H3. The highest BCUT2D eigenvalue weighted by Gasteiger charge is 2.33. The van der Waals surface area contributed by atoms with Crippen molar-refractivity contribution in [2.45, 2.75) is 33.0 Å². The van der Waals surface area contributed by atoms with Crippen LogP contribution >= 0.6 is 27.5 Å². The molecule has 25 heavy (non-hydrogen) atoms. The average molecular weight is 430 g/mol. The number of fused-ring (bicyclic) bond motifs is 2. The van der Waals surface area contributed by atoms with Gasteiger partial charge in [0.2, 0.25) is 0 Å². The number of pyridine rings is 1. The van der Waals surface area contributed by atoms with Gasteiger partial charge in [0, 0.05) is 12.3 Å². The number of carbonyl (C=O) groups excluding carboxylic acids is 1. The fourth-order valence-corrected chi connectivity index (χ4v) is 2.88. The first-order valence-electron chi connectivity index (χ1n) is 7.46. The molecule has 2 aromatic rings. The highest BCUT2D eigenvalue weighted by atomic mass is 79.9. The van der Waals surface area contributed by atoms with Crippen LogP contribution in [0.3, 0.4) is 0 Å². The predicted octanol–water partition coefficient (Wildman–Crippen LogP) is 5.60. The molecule has 1 aliphatic heterocycles. The van der Waals surface area contributed by atoms with Gasteiger partial charge in [0.15, 0.2) is 5.82 Å². The van der Waals surface area contributed by atoms with Gasteiger partial charge in [-0.2, -0.15) is 0 Å². The van der Waals surface area contributed by atoms with Crippen LogP contribution in [0.2, 0.25) is 5.02 Å². The van der Waals surface area contributed by atoms with Crippen LogP contribution in [0.15, 0.2) is 28.9 Å². The molecule has 0 fully saturated rings. The number of benzene rings is 1. The second kappa shape index (κ2) is 6.46. The van der Waals surface area contributed by atoms with E-state index < -0.39 is 17.5 Å². The fraction of sp³-hybridized carbons (Fsp3) is 0.294. The first-order valence-corrected chi connectivity index (χ1v) is 8.63. The van der Waals surface area contributed by atoms with Crippen LogP contribution in [0.25, 0.3) is 0 Å². The summed E-state index contributed by atoms with van der Waals surface area (Å²) in [6, 6.07) is 4.26. The summed E-state index contributed by atoms with van der Waals surface area (Å²) >= 11 is 9.38. The van der Waals surface area contributed by atoms with Crippen molar-refractivity contribution in [1.29, 1.82) is 0 Å². The zero-order chi connectivity index (χ0) is 18.4. The number of amides is 1. The van der Waals surface area contributed by atoms with Gasteiger partial charge in [-0.05, 0) is 48.8 Å². The maximum Gasteiger partial charge on any atom is 0.420 e. The van der Waals surface area contributed by atoms with E-state index in [1.54, 1.807) is 26.8 Å². The van der Waals surface area contributed by atoms with Crippen molar-refractivity contribution in [2.24, 2.45) is 0 Å². The Balaban J connectivity index is 2.21. The van der Waals surface area contributed by atoms with Gasteiger partial charge in [0.05, 0.1) is 20.7 Å². The van der Waals surface area contributed by atoms with Crippen molar-refractivity contribution in [2.75, 3.05) is 4.90 Å². The van der Waals surface area contributed by atoms with Crippen molar-refractivity contribution >= 4 is 45.1 Å². The lowest BCUT2D eigenvalue weighted by Crippen LogP contribution is -2.34. The van der Waals surface area contributed by atoms with Gasteiger partial charge in [0.1, 0.15) is 23.8 Å². The number of nitrogens with zero attached hydrogens (tertiary/aromatic N) is 2. The van der Waals surface area contributed by atoms with Crippen molar-refractivity contribution in [1.82, 2.24) is 4.98 Å². The zero-order valence-corrected chi connectivity index (χ0v) is 16.1. The highest BCUT2D eigenvalue weighted by molar-refractivity contribution is 9.10. The Morgan fingerprint density at radius 2 is 2.16 bits per heavy atom. The number of halogens is 3. The summed E-state index contributed by atoms with van der Waals surface area (Å²) in [5, 5.41) is 0.394. The van der Waals surface area contributed by atoms with Crippen LogP contribution in [0.1, 0.15) is 26.3 Å². The molecule has 0 unspecified atom stereocenters. The number of hydrogen-bond donors (Lipinski definition) is 0. The Kier molecular flexibility index (Phi) is 4.64. The van der Waals surface area contributed by atoms with Crippen LogP contribution in [0.5, 0.6) is 5.75 Å². The molecule has 3 rings (SSSR count). The lowest BCUT2D eigenvalue weighted by Gasteiger charge is -2.27. The van der Waals surface area contributed by atoms with Crippen LogP contribution in [-0.4, -0.2) is 16.7 Å². The van der Waals surface area contributed by atoms with E-state index >= 15 is 0 Å². The molecule has 0 bridgehead atoms. The average Bonchev–Trinajstić information content (AvgIpc) is 2.64. The minimum absolute atomic E-state index is 0.0510. The molecule has 0 spiro atoms. The molecule has 1 amide bonds. The maximum absolute atomic E-state index is 13.9. The summed E-state index contributed by atoms with van der Waals surface area (Å²) in [7, 11) is 0. The second-order valence-corrected chi connectivity index (χ2v) is 7.69. The lowest BCUT2D eigenvalue weighted by atomic mass is 10.2. The van der Waals surface area contributed by atoms with Crippen molar-refractivity contribution in [3.05, 3.63) is 45.3 Å². The van der Waals surface area contributed by atoms with Crippen molar-refractivity contribution < 1.29 is 18.7 Å². The zero-order valence-electron chi connectivity index (χ0n) is 13.8. The van der Waals surface area contributed by atoms with Gasteiger partial charge in [-0.15, -0.1) is 0 Å². The van der Waals surface area contributed by atoms with Gasteiger partial charge >= 0.3 is 6.09 Å². The summed E-state index contributed by atoms with van der Waals surface area (Å²) in [4.78, 5) is 18.4. The summed E-state index contributed by atoms with van der Waals surface area (Å²) in [6.07, 6.45) is 0.830. The van der Waals surface area contributed by atoms with Gasteiger partial charge < -0.3 is 9.47 Å². The van der Waals surface area contributed by atoms with Crippen LogP contribution < -0.4 is 9.64 Å². The summed E-state index contributed by atoms with van der Waals surface area (Å²) in [6.45, 7) is 5.32. The molecule has 0 radical (unpaired) electrons. The number of aromatic nitrogens is 1. The molecule has 0 saturated carbocycles. The largest absolute Gasteiger partial charge is 0.486 e. The minimum Gasteiger partial charge on any atom is -0.486 e. The second-order valence-electron chi connectivity index (χ2n) is 6.43. The minimum atomic E-state index is -0.722. The highest BCUT2D eigenvalue weighted by Crippen LogP contribution is 2.43. The number of rotatable bonds is 0. The Labute approximate surface area is 157 Å². The molecule has 5 nitrogen and oxygen atoms in total. The maximum atomic E-state index is 13.9. The van der Waals surface area contributed by atoms with E-state index in [0.717, 1.165) is 0 Å². The number of anilines is 2. The van der Waals surface area contributed by atoms with Gasteiger partial charge in [-0.25, -0.2) is 19.1 Å². The van der Waals surface area contributed by atoms with E-state index in [9.17, 15) is 9.18 Å². The van der Waals surface area contributed by atoms with Crippen LogP contribution in [0, 0.1) is 5.82 Å². The third-order valence-corrected chi connectivity index (χ3v) is 4.34. The van der Waals surface area contributed by atoms with Crippen molar-refractivity contribution in [3.8, 4) is 5.75 Å². The Morgan fingerprint density at radius 3 is 2.84 bits per heavy atom. The molecule has 8 heteroatoms. The monoisotopic (exact) mass is 428 g/mol. The summed E-state index contributed by atoms with van der Waals surface area (Å²) < 4.78 is 25.3. The van der Waals surface area contributed by atoms with E-state index in [-0.39, 0.29) is 16.8 Å². The third-order valence-electron chi connectivity index (χ3n) is 3.38. The molecular formula is C17H15BrClFN2O3. The van der Waals surface area contributed by atoms with Crippen LogP contribution in [-0.2, 0) is 11.3 Å². The topological polar surface area (TPSA) is 51.7 Å². The SMILES string of the molecule is CC(C)(C)OC(=O)N1c2cc(Br)c(F)cc2OCc2c(Cl)ccnc21. The van der Waals surface area contributed by atoms with Gasteiger partial charge in [0.25, 0.3) is 0 Å². The molecule has 0 aliphatic carbocycles. The van der Waals surface area contributed by atoms with E-state index in [1.807, 2.05) is 0 Å². The summed E-state index contributed by atoms with van der Waals surface area (Å²) in [5.41, 5.74) is 0.110.